The molecule has 1 aliphatic heterocycles. The number of nitrogens with one attached hydrogen (secondary N) is 2. The summed E-state index contributed by atoms with van der Waals surface area (Å²) in [5.41, 5.74) is 2.46. The summed E-state index contributed by atoms with van der Waals surface area (Å²) < 4.78 is 0. The largest absolute Gasteiger partial charge is 0.361 e. The summed E-state index contributed by atoms with van der Waals surface area (Å²) >= 11 is 0. The van der Waals surface area contributed by atoms with E-state index in [0.717, 1.165) is 25.9 Å². The minimum atomic E-state index is 0.274. The third-order valence-electron chi connectivity index (χ3n) is 4.26. The first kappa shape index (κ1) is 13.2. The molecule has 2 aromatic rings. The van der Waals surface area contributed by atoms with Gasteiger partial charge in [-0.05, 0) is 31.5 Å². The van der Waals surface area contributed by atoms with Crippen molar-refractivity contribution in [2.45, 2.75) is 25.3 Å². The third kappa shape index (κ3) is 2.56. The first-order valence-corrected chi connectivity index (χ1v) is 7.28. The molecular weight excluding hydrogens is 250 g/mol. The van der Waals surface area contributed by atoms with Crippen LogP contribution in [-0.2, 0) is 11.2 Å². The highest BCUT2D eigenvalue weighted by Gasteiger charge is 2.24. The molecule has 4 heteroatoms. The molecule has 0 saturated carbocycles. The molecule has 0 aliphatic carbocycles. The van der Waals surface area contributed by atoms with Crippen molar-refractivity contribution in [3.8, 4) is 0 Å². The normalized spacial score (nSPS) is 19.8. The van der Waals surface area contributed by atoms with Crippen LogP contribution in [0.3, 0.4) is 0 Å². The van der Waals surface area contributed by atoms with Crippen LogP contribution in [0.25, 0.3) is 10.9 Å². The summed E-state index contributed by atoms with van der Waals surface area (Å²) in [6, 6.07) is 8.67. The molecule has 1 aromatic carbocycles. The van der Waals surface area contributed by atoms with E-state index < -0.39 is 0 Å². The van der Waals surface area contributed by atoms with Crippen LogP contribution < -0.4 is 5.32 Å². The second-order valence-corrected chi connectivity index (χ2v) is 5.47. The first-order valence-electron chi connectivity index (χ1n) is 7.28. The van der Waals surface area contributed by atoms with E-state index in [1.165, 1.54) is 16.5 Å². The number of fused-ring (bicyclic) bond motifs is 1. The van der Waals surface area contributed by atoms with Gasteiger partial charge in [-0.15, -0.1) is 0 Å². The summed E-state index contributed by atoms with van der Waals surface area (Å²) in [5.74, 6) is 0.274. The summed E-state index contributed by atoms with van der Waals surface area (Å²) in [4.78, 5) is 17.4. The number of para-hydroxylation sites is 1. The van der Waals surface area contributed by atoms with Gasteiger partial charge in [0.2, 0.25) is 5.91 Å². The van der Waals surface area contributed by atoms with Crippen LogP contribution in [0.1, 0.15) is 18.4 Å². The fourth-order valence-corrected chi connectivity index (χ4v) is 2.96. The van der Waals surface area contributed by atoms with Gasteiger partial charge in [-0.2, -0.15) is 0 Å². The van der Waals surface area contributed by atoms with E-state index in [1.807, 2.05) is 18.0 Å². The number of aromatic nitrogens is 1. The fourth-order valence-electron chi connectivity index (χ4n) is 2.96. The van der Waals surface area contributed by atoms with Crippen LogP contribution in [0.2, 0.25) is 0 Å². The summed E-state index contributed by atoms with van der Waals surface area (Å²) in [6.07, 6.45) is 4.66. The van der Waals surface area contributed by atoms with Crippen molar-refractivity contribution in [3.05, 3.63) is 36.0 Å². The number of amides is 1. The van der Waals surface area contributed by atoms with Crippen molar-refractivity contribution < 1.29 is 4.79 Å². The molecule has 1 fully saturated rings. The number of aromatic amines is 1. The maximum Gasteiger partial charge on any atom is 0.224 e. The topological polar surface area (TPSA) is 48.1 Å². The molecule has 4 nitrogen and oxygen atoms in total. The van der Waals surface area contributed by atoms with Gasteiger partial charge in [0, 0.05) is 42.7 Å². The second-order valence-electron chi connectivity index (χ2n) is 5.47. The molecule has 3 rings (SSSR count). The Morgan fingerprint density at radius 3 is 3.05 bits per heavy atom. The maximum atomic E-state index is 12.1. The Morgan fingerprint density at radius 2 is 2.25 bits per heavy atom. The number of rotatable bonds is 4. The van der Waals surface area contributed by atoms with Gasteiger partial charge in [0.25, 0.3) is 0 Å². The molecule has 1 atom stereocenters. The molecule has 106 valence electrons. The number of carbonyl (C=O) groups excluding carboxylic acids is 1. The van der Waals surface area contributed by atoms with Crippen molar-refractivity contribution in [1.29, 1.82) is 0 Å². The lowest BCUT2D eigenvalue weighted by Crippen LogP contribution is -2.45. The van der Waals surface area contributed by atoms with Gasteiger partial charge >= 0.3 is 0 Å². The van der Waals surface area contributed by atoms with Crippen molar-refractivity contribution in [2.75, 3.05) is 20.1 Å². The van der Waals surface area contributed by atoms with E-state index in [4.69, 9.17) is 0 Å². The number of nitrogens with zero attached hydrogens (tertiary/aromatic N) is 1. The zero-order valence-electron chi connectivity index (χ0n) is 11.9. The van der Waals surface area contributed by atoms with Gasteiger partial charge in [0.1, 0.15) is 0 Å². The van der Waals surface area contributed by atoms with Gasteiger partial charge in [-0.25, -0.2) is 0 Å². The molecule has 2 heterocycles. The Balaban J connectivity index is 1.64. The lowest BCUT2D eigenvalue weighted by Gasteiger charge is -2.31. The smallest absolute Gasteiger partial charge is 0.224 e. The predicted molar refractivity (Wildman–Crippen MR) is 80.7 cm³/mol. The number of hydrogen-bond acceptors (Lipinski definition) is 2. The average Bonchev–Trinajstić information content (AvgIpc) is 2.89. The monoisotopic (exact) mass is 271 g/mol. The van der Waals surface area contributed by atoms with Crippen molar-refractivity contribution in [1.82, 2.24) is 15.2 Å². The van der Waals surface area contributed by atoms with E-state index in [9.17, 15) is 4.79 Å². The zero-order valence-corrected chi connectivity index (χ0v) is 11.9. The Bertz CT molecular complexity index is 605. The quantitative estimate of drug-likeness (QED) is 0.892. The molecule has 1 aliphatic rings. The molecule has 1 amide bonds. The summed E-state index contributed by atoms with van der Waals surface area (Å²) in [7, 11) is 1.93. The standard InChI is InChI=1S/C16H21N3O/c1-17-13-7-9-19(16(20)10-13)8-6-12-11-18-15-5-3-2-4-14(12)15/h2-5,11,13,17-18H,6-10H2,1H3. The van der Waals surface area contributed by atoms with Crippen LogP contribution >= 0.6 is 0 Å². The van der Waals surface area contributed by atoms with E-state index in [0.29, 0.717) is 12.5 Å². The highest BCUT2D eigenvalue weighted by molar-refractivity contribution is 5.83. The molecule has 1 saturated heterocycles. The molecular formula is C16H21N3O. The minimum Gasteiger partial charge on any atom is -0.361 e. The molecule has 1 aromatic heterocycles. The SMILES string of the molecule is CNC1CCN(CCc2c[nH]c3ccccc23)C(=O)C1. The fraction of sp³-hybridized carbons (Fsp3) is 0.438. The number of hydrogen-bond donors (Lipinski definition) is 2. The van der Waals surface area contributed by atoms with Gasteiger partial charge in [0.15, 0.2) is 0 Å². The Hall–Kier alpha value is -1.81. The number of carbonyl (C=O) groups is 1. The van der Waals surface area contributed by atoms with Crippen molar-refractivity contribution in [3.63, 3.8) is 0 Å². The van der Waals surface area contributed by atoms with Crippen molar-refractivity contribution >= 4 is 16.8 Å². The Labute approximate surface area is 119 Å². The summed E-state index contributed by atoms with van der Waals surface area (Å²) in [5, 5.41) is 4.46. The van der Waals surface area contributed by atoms with Crippen LogP contribution in [0, 0.1) is 0 Å². The molecule has 2 N–H and O–H groups in total. The lowest BCUT2D eigenvalue weighted by atomic mass is 10.0. The Kier molecular flexibility index (Phi) is 3.74. The lowest BCUT2D eigenvalue weighted by molar-refractivity contribution is -0.134. The van der Waals surface area contributed by atoms with E-state index >= 15 is 0 Å². The van der Waals surface area contributed by atoms with Crippen molar-refractivity contribution in [2.24, 2.45) is 0 Å². The van der Waals surface area contributed by atoms with Crippen LogP contribution in [-0.4, -0.2) is 42.0 Å². The molecule has 0 radical (unpaired) electrons. The van der Waals surface area contributed by atoms with Gasteiger partial charge in [-0.3, -0.25) is 4.79 Å². The zero-order chi connectivity index (χ0) is 13.9. The molecule has 0 spiro atoms. The van der Waals surface area contributed by atoms with E-state index in [1.54, 1.807) is 0 Å². The van der Waals surface area contributed by atoms with Crippen LogP contribution in [0.15, 0.2) is 30.5 Å². The second kappa shape index (κ2) is 5.67. The highest BCUT2D eigenvalue weighted by Crippen LogP contribution is 2.19. The van der Waals surface area contributed by atoms with Crippen LogP contribution in [0.5, 0.6) is 0 Å². The first-order chi connectivity index (χ1) is 9.78. The average molecular weight is 271 g/mol. The van der Waals surface area contributed by atoms with E-state index in [-0.39, 0.29) is 5.91 Å². The molecule has 20 heavy (non-hydrogen) atoms. The highest BCUT2D eigenvalue weighted by atomic mass is 16.2. The van der Waals surface area contributed by atoms with E-state index in [2.05, 4.69) is 34.7 Å². The third-order valence-corrected chi connectivity index (χ3v) is 4.26. The van der Waals surface area contributed by atoms with Gasteiger partial charge < -0.3 is 15.2 Å². The number of H-pyrrole nitrogens is 1. The number of benzene rings is 1. The minimum absolute atomic E-state index is 0.274. The number of likely N-dealkylation sites (tertiary alicyclic amines) is 1. The molecule has 1 unspecified atom stereocenters. The molecule has 0 bridgehead atoms. The summed E-state index contributed by atoms with van der Waals surface area (Å²) in [6.45, 7) is 1.68. The maximum absolute atomic E-state index is 12.1. The van der Waals surface area contributed by atoms with Crippen LogP contribution in [0.4, 0.5) is 0 Å². The number of piperidine rings is 1. The van der Waals surface area contributed by atoms with Gasteiger partial charge in [0.05, 0.1) is 0 Å². The Morgan fingerprint density at radius 1 is 1.40 bits per heavy atom. The predicted octanol–water partition coefficient (Wildman–Crippen LogP) is 1.92. The van der Waals surface area contributed by atoms with Gasteiger partial charge in [-0.1, -0.05) is 18.2 Å².